The van der Waals surface area contributed by atoms with E-state index in [1.807, 2.05) is 0 Å². The third-order valence-corrected chi connectivity index (χ3v) is 6.01. The van der Waals surface area contributed by atoms with Crippen LogP contribution in [-0.2, 0) is 4.79 Å². The number of benzene rings is 1. The van der Waals surface area contributed by atoms with Crippen LogP contribution in [0.4, 0.5) is 0 Å². The number of rotatable bonds is 11. The van der Waals surface area contributed by atoms with Crippen LogP contribution >= 0.6 is 0 Å². The summed E-state index contributed by atoms with van der Waals surface area (Å²) in [4.78, 5) is 30.3. The van der Waals surface area contributed by atoms with Crippen molar-refractivity contribution in [1.82, 2.24) is 9.80 Å². The van der Waals surface area contributed by atoms with Crippen molar-refractivity contribution in [2.24, 2.45) is 0 Å². The predicted octanol–water partition coefficient (Wildman–Crippen LogP) is 3.92. The zero-order chi connectivity index (χ0) is 24.1. The van der Waals surface area contributed by atoms with Crippen molar-refractivity contribution >= 4 is 11.7 Å². The maximum absolute atomic E-state index is 13.4. The maximum atomic E-state index is 13.4. The number of amides is 1. The fraction of sp³-hybridized carbons (Fsp3) is 0.440. The summed E-state index contributed by atoms with van der Waals surface area (Å²) in [5, 5.41) is 10.8. The standard InChI is InChI=1S/C25H32N2O6/c1-6-26(7-2)14-9-15-27-21(17-10-8-11-19(31-4)24(17)32-5)20(23(29)25(27)30)22(28)18-13-12-16(3)33-18/h8,10-13,21,29H,6-7,9,14-15H2,1-5H3/t21-/m0/s1. The normalized spacial score (nSPS) is 16.1. The van der Waals surface area contributed by atoms with Crippen LogP contribution in [0.25, 0.3) is 0 Å². The van der Waals surface area contributed by atoms with Crippen molar-refractivity contribution in [3.05, 3.63) is 58.7 Å². The number of hydrogen-bond acceptors (Lipinski definition) is 7. The third-order valence-electron chi connectivity index (χ3n) is 6.01. The lowest BCUT2D eigenvalue weighted by molar-refractivity contribution is -0.129. The molecule has 3 rings (SSSR count). The van der Waals surface area contributed by atoms with E-state index in [0.29, 0.717) is 35.8 Å². The van der Waals surface area contributed by atoms with Crippen LogP contribution in [0.2, 0.25) is 0 Å². The fourth-order valence-electron chi connectivity index (χ4n) is 4.26. The quantitative estimate of drug-likeness (QED) is 0.513. The molecular formula is C25H32N2O6. The van der Waals surface area contributed by atoms with E-state index in [-0.39, 0.29) is 11.3 Å². The van der Waals surface area contributed by atoms with Gasteiger partial charge in [0.1, 0.15) is 5.76 Å². The number of furan rings is 1. The highest BCUT2D eigenvalue weighted by molar-refractivity contribution is 6.15. The molecule has 1 atom stereocenters. The number of nitrogens with zero attached hydrogens (tertiary/aromatic N) is 2. The van der Waals surface area contributed by atoms with Gasteiger partial charge in [-0.25, -0.2) is 0 Å². The Morgan fingerprint density at radius 3 is 2.45 bits per heavy atom. The number of ketones is 1. The molecule has 0 saturated heterocycles. The van der Waals surface area contributed by atoms with E-state index in [4.69, 9.17) is 13.9 Å². The summed E-state index contributed by atoms with van der Waals surface area (Å²) in [6.45, 7) is 8.87. The highest BCUT2D eigenvalue weighted by atomic mass is 16.5. The minimum atomic E-state index is -0.836. The Labute approximate surface area is 194 Å². The molecule has 0 spiro atoms. The molecule has 8 heteroatoms. The lowest BCUT2D eigenvalue weighted by Gasteiger charge is -2.29. The van der Waals surface area contributed by atoms with Gasteiger partial charge >= 0.3 is 0 Å². The Hall–Kier alpha value is -3.26. The van der Waals surface area contributed by atoms with Gasteiger partial charge < -0.3 is 28.8 Å². The molecule has 2 aromatic rings. The van der Waals surface area contributed by atoms with Gasteiger partial charge in [-0.3, -0.25) is 9.59 Å². The molecule has 0 bridgehead atoms. The molecule has 1 aliphatic rings. The molecule has 33 heavy (non-hydrogen) atoms. The summed E-state index contributed by atoms with van der Waals surface area (Å²) >= 11 is 0. The summed E-state index contributed by atoms with van der Waals surface area (Å²) in [5.41, 5.74) is 0.535. The van der Waals surface area contributed by atoms with Crippen molar-refractivity contribution in [2.75, 3.05) is 40.4 Å². The number of methoxy groups -OCH3 is 2. The largest absolute Gasteiger partial charge is 0.503 e. The second-order valence-electron chi connectivity index (χ2n) is 7.87. The molecule has 8 nitrogen and oxygen atoms in total. The van der Waals surface area contributed by atoms with Gasteiger partial charge in [0.05, 0.1) is 25.8 Å². The van der Waals surface area contributed by atoms with E-state index < -0.39 is 23.5 Å². The number of hydrogen-bond donors (Lipinski definition) is 1. The monoisotopic (exact) mass is 456 g/mol. The zero-order valence-electron chi connectivity index (χ0n) is 19.9. The second kappa shape index (κ2) is 10.6. The molecule has 1 aliphatic heterocycles. The topological polar surface area (TPSA) is 92.5 Å². The van der Waals surface area contributed by atoms with Gasteiger partial charge in [0.2, 0.25) is 5.78 Å². The fourth-order valence-corrected chi connectivity index (χ4v) is 4.26. The Balaban J connectivity index is 2.06. The second-order valence-corrected chi connectivity index (χ2v) is 7.87. The van der Waals surface area contributed by atoms with Crippen LogP contribution < -0.4 is 9.47 Å². The molecule has 0 unspecified atom stereocenters. The summed E-state index contributed by atoms with van der Waals surface area (Å²) in [6, 6.07) is 7.66. The van der Waals surface area contributed by atoms with Gasteiger partial charge in [-0.1, -0.05) is 26.0 Å². The van der Waals surface area contributed by atoms with Crippen molar-refractivity contribution in [3.63, 3.8) is 0 Å². The summed E-state index contributed by atoms with van der Waals surface area (Å²) in [7, 11) is 3.03. The lowest BCUT2D eigenvalue weighted by atomic mass is 9.94. The first-order valence-corrected chi connectivity index (χ1v) is 11.2. The van der Waals surface area contributed by atoms with Crippen molar-refractivity contribution in [2.45, 2.75) is 33.2 Å². The van der Waals surface area contributed by atoms with Crippen LogP contribution in [-0.4, -0.2) is 67.0 Å². The number of Topliss-reactive ketones (excluding diaryl/α,β-unsaturated/α-hetero) is 1. The van der Waals surface area contributed by atoms with Gasteiger partial charge in [-0.05, 0) is 51.2 Å². The number of aryl methyl sites for hydroxylation is 1. The molecule has 1 N–H and O–H groups in total. The van der Waals surface area contributed by atoms with Gasteiger partial charge in [-0.2, -0.15) is 0 Å². The Kier molecular flexibility index (Phi) is 7.81. The maximum Gasteiger partial charge on any atom is 0.290 e. The Morgan fingerprint density at radius 2 is 1.88 bits per heavy atom. The molecule has 2 heterocycles. The summed E-state index contributed by atoms with van der Waals surface area (Å²) < 4.78 is 16.6. The van der Waals surface area contributed by atoms with Gasteiger partial charge in [0.25, 0.3) is 5.91 Å². The number of aliphatic hydroxyl groups is 1. The third kappa shape index (κ3) is 4.75. The summed E-state index contributed by atoms with van der Waals surface area (Å²) in [5.74, 6) is -0.175. The van der Waals surface area contributed by atoms with Crippen LogP contribution in [0.1, 0.15) is 48.2 Å². The van der Waals surface area contributed by atoms with E-state index in [9.17, 15) is 14.7 Å². The molecule has 0 saturated carbocycles. The first kappa shape index (κ1) is 24.4. The Morgan fingerprint density at radius 1 is 1.15 bits per heavy atom. The molecule has 1 aromatic heterocycles. The van der Waals surface area contributed by atoms with Crippen molar-refractivity contribution in [3.8, 4) is 11.5 Å². The molecule has 0 aliphatic carbocycles. The first-order chi connectivity index (χ1) is 15.9. The number of carbonyl (C=O) groups excluding carboxylic acids is 2. The average molecular weight is 457 g/mol. The van der Waals surface area contributed by atoms with Crippen LogP contribution in [0.3, 0.4) is 0 Å². The predicted molar refractivity (Wildman–Crippen MR) is 124 cm³/mol. The lowest BCUT2D eigenvalue weighted by Crippen LogP contribution is -2.34. The van der Waals surface area contributed by atoms with Crippen molar-refractivity contribution in [1.29, 1.82) is 0 Å². The van der Waals surface area contributed by atoms with E-state index in [0.717, 1.165) is 19.6 Å². The molecule has 0 radical (unpaired) electrons. The smallest absolute Gasteiger partial charge is 0.290 e. The van der Waals surface area contributed by atoms with E-state index in [1.165, 1.54) is 19.1 Å². The number of ether oxygens (including phenoxy) is 2. The first-order valence-electron chi connectivity index (χ1n) is 11.2. The van der Waals surface area contributed by atoms with E-state index in [1.54, 1.807) is 37.3 Å². The molecule has 0 fully saturated rings. The highest BCUT2D eigenvalue weighted by Gasteiger charge is 2.45. The van der Waals surface area contributed by atoms with Crippen molar-refractivity contribution < 1.29 is 28.6 Å². The number of para-hydroxylation sites is 1. The van der Waals surface area contributed by atoms with Gasteiger partial charge in [-0.15, -0.1) is 0 Å². The summed E-state index contributed by atoms with van der Waals surface area (Å²) in [6.07, 6.45) is 0.685. The van der Waals surface area contributed by atoms with E-state index in [2.05, 4.69) is 18.7 Å². The molecule has 178 valence electrons. The SMILES string of the molecule is CCN(CC)CCCN1C(=O)C(O)=C(C(=O)c2ccc(C)o2)[C@@H]1c1cccc(OC)c1OC. The minimum absolute atomic E-state index is 0.0243. The molecule has 1 aromatic carbocycles. The minimum Gasteiger partial charge on any atom is -0.503 e. The van der Waals surface area contributed by atoms with Crippen LogP contribution in [0, 0.1) is 6.92 Å². The molecular weight excluding hydrogens is 424 g/mol. The average Bonchev–Trinajstić information content (AvgIpc) is 3.37. The number of carbonyl (C=O) groups is 2. The van der Waals surface area contributed by atoms with Crippen LogP contribution in [0.15, 0.2) is 46.1 Å². The Bertz CT molecular complexity index is 1040. The molecule has 1 amide bonds. The van der Waals surface area contributed by atoms with Gasteiger partial charge in [0.15, 0.2) is 23.0 Å². The van der Waals surface area contributed by atoms with Crippen LogP contribution in [0.5, 0.6) is 11.5 Å². The highest BCUT2D eigenvalue weighted by Crippen LogP contribution is 2.45. The number of aliphatic hydroxyl groups excluding tert-OH is 1. The van der Waals surface area contributed by atoms with Gasteiger partial charge in [0, 0.05) is 12.1 Å². The van der Waals surface area contributed by atoms with E-state index >= 15 is 0 Å². The zero-order valence-corrected chi connectivity index (χ0v) is 19.9.